The van der Waals surface area contributed by atoms with E-state index in [1.165, 1.54) is 6.07 Å². The van der Waals surface area contributed by atoms with Crippen LogP contribution in [0.4, 0.5) is 5.69 Å². The molecule has 0 amide bonds. The first-order chi connectivity index (χ1) is 9.97. The lowest BCUT2D eigenvalue weighted by Gasteiger charge is -2.06. The summed E-state index contributed by atoms with van der Waals surface area (Å²) < 4.78 is 1.76. The van der Waals surface area contributed by atoms with E-state index in [9.17, 15) is 10.1 Å². The van der Waals surface area contributed by atoms with Gasteiger partial charge in [0.05, 0.1) is 16.3 Å². The van der Waals surface area contributed by atoms with Crippen molar-refractivity contribution >= 4 is 5.69 Å². The van der Waals surface area contributed by atoms with Crippen LogP contribution >= 0.6 is 0 Å². The SMILES string of the molecule is Cc1cc([N+](=O)[O-])ccc1-n1ccc(CNCC(C)C)n1. The molecular weight excluding hydrogens is 268 g/mol. The van der Waals surface area contributed by atoms with E-state index >= 15 is 0 Å². The van der Waals surface area contributed by atoms with Crippen LogP contribution in [0.15, 0.2) is 30.5 Å². The average Bonchev–Trinajstić information content (AvgIpc) is 2.86. The molecule has 0 aliphatic rings. The third-order valence-corrected chi connectivity index (χ3v) is 3.14. The highest BCUT2D eigenvalue weighted by Gasteiger charge is 2.10. The minimum absolute atomic E-state index is 0.0993. The lowest BCUT2D eigenvalue weighted by Crippen LogP contribution is -2.19. The lowest BCUT2D eigenvalue weighted by molar-refractivity contribution is -0.384. The Labute approximate surface area is 123 Å². The predicted octanol–water partition coefficient (Wildman–Crippen LogP) is 2.83. The maximum absolute atomic E-state index is 10.8. The van der Waals surface area contributed by atoms with E-state index in [0.717, 1.165) is 30.0 Å². The molecule has 0 aliphatic heterocycles. The summed E-state index contributed by atoms with van der Waals surface area (Å²) in [5, 5.41) is 18.6. The number of nitrogens with one attached hydrogen (secondary N) is 1. The molecule has 0 unspecified atom stereocenters. The molecule has 0 saturated carbocycles. The number of nitrogens with zero attached hydrogens (tertiary/aromatic N) is 3. The molecule has 1 aromatic carbocycles. The standard InChI is InChI=1S/C15H20N4O2/c1-11(2)9-16-10-13-6-7-18(17-13)15-5-4-14(19(20)21)8-12(15)3/h4-8,11,16H,9-10H2,1-3H3. The number of nitro benzene ring substituents is 1. The van der Waals surface area contributed by atoms with Crippen molar-refractivity contribution in [3.8, 4) is 5.69 Å². The Morgan fingerprint density at radius 3 is 2.76 bits per heavy atom. The summed E-state index contributed by atoms with van der Waals surface area (Å²) in [5.74, 6) is 0.601. The Kier molecular flexibility index (Phi) is 4.70. The molecule has 21 heavy (non-hydrogen) atoms. The van der Waals surface area contributed by atoms with Gasteiger partial charge in [0.1, 0.15) is 0 Å². The van der Waals surface area contributed by atoms with Crippen LogP contribution in [-0.4, -0.2) is 21.2 Å². The van der Waals surface area contributed by atoms with Gasteiger partial charge in [-0.1, -0.05) is 13.8 Å². The third-order valence-electron chi connectivity index (χ3n) is 3.14. The van der Waals surface area contributed by atoms with Crippen molar-refractivity contribution in [2.24, 2.45) is 5.92 Å². The summed E-state index contributed by atoms with van der Waals surface area (Å²) in [5.41, 5.74) is 2.74. The van der Waals surface area contributed by atoms with E-state index in [0.29, 0.717) is 5.92 Å². The zero-order valence-corrected chi connectivity index (χ0v) is 12.5. The van der Waals surface area contributed by atoms with Crippen LogP contribution in [0.2, 0.25) is 0 Å². The van der Waals surface area contributed by atoms with Gasteiger partial charge in [0.15, 0.2) is 0 Å². The highest BCUT2D eigenvalue weighted by atomic mass is 16.6. The molecular formula is C15H20N4O2. The second kappa shape index (κ2) is 6.49. The molecule has 0 aliphatic carbocycles. The molecule has 1 N–H and O–H groups in total. The maximum atomic E-state index is 10.8. The molecule has 0 atom stereocenters. The van der Waals surface area contributed by atoms with Crippen LogP contribution in [0.1, 0.15) is 25.1 Å². The molecule has 1 aromatic heterocycles. The van der Waals surface area contributed by atoms with E-state index in [1.807, 2.05) is 19.2 Å². The molecule has 2 aromatic rings. The van der Waals surface area contributed by atoms with Crippen molar-refractivity contribution in [2.45, 2.75) is 27.3 Å². The second-order valence-electron chi connectivity index (χ2n) is 5.50. The average molecular weight is 288 g/mol. The Morgan fingerprint density at radius 2 is 2.14 bits per heavy atom. The van der Waals surface area contributed by atoms with Crippen LogP contribution in [-0.2, 0) is 6.54 Å². The van der Waals surface area contributed by atoms with Gasteiger partial charge < -0.3 is 5.32 Å². The Bertz CT molecular complexity index is 634. The summed E-state index contributed by atoms with van der Waals surface area (Å²) >= 11 is 0. The van der Waals surface area contributed by atoms with Gasteiger partial charge in [-0.05, 0) is 37.1 Å². The first kappa shape index (κ1) is 15.2. The minimum atomic E-state index is -0.388. The Balaban J connectivity index is 2.12. The van der Waals surface area contributed by atoms with Crippen LogP contribution < -0.4 is 5.32 Å². The van der Waals surface area contributed by atoms with Gasteiger partial charge in [-0.15, -0.1) is 0 Å². The minimum Gasteiger partial charge on any atom is -0.311 e. The van der Waals surface area contributed by atoms with Crippen LogP contribution in [0.25, 0.3) is 5.69 Å². The van der Waals surface area contributed by atoms with Crippen LogP contribution in [0, 0.1) is 23.0 Å². The van der Waals surface area contributed by atoms with Gasteiger partial charge in [0, 0.05) is 24.9 Å². The molecule has 0 bridgehead atoms. The number of aryl methyl sites for hydroxylation is 1. The van der Waals surface area contributed by atoms with Gasteiger partial charge in [-0.2, -0.15) is 5.10 Å². The number of aromatic nitrogens is 2. The Hall–Kier alpha value is -2.21. The van der Waals surface area contributed by atoms with Crippen LogP contribution in [0.3, 0.4) is 0 Å². The number of non-ortho nitro benzene ring substituents is 1. The highest BCUT2D eigenvalue weighted by Crippen LogP contribution is 2.20. The van der Waals surface area contributed by atoms with Crippen molar-refractivity contribution < 1.29 is 4.92 Å². The van der Waals surface area contributed by atoms with Gasteiger partial charge >= 0.3 is 0 Å². The molecule has 0 radical (unpaired) electrons. The fourth-order valence-electron chi connectivity index (χ4n) is 2.09. The van der Waals surface area contributed by atoms with Crippen molar-refractivity contribution in [1.29, 1.82) is 0 Å². The molecule has 6 nitrogen and oxygen atoms in total. The molecule has 2 rings (SSSR count). The smallest absolute Gasteiger partial charge is 0.269 e. The largest absolute Gasteiger partial charge is 0.311 e. The fourth-order valence-corrected chi connectivity index (χ4v) is 2.09. The van der Waals surface area contributed by atoms with E-state index in [4.69, 9.17) is 0 Å². The van der Waals surface area contributed by atoms with E-state index in [-0.39, 0.29) is 10.6 Å². The van der Waals surface area contributed by atoms with Gasteiger partial charge in [0.25, 0.3) is 5.69 Å². The summed E-state index contributed by atoms with van der Waals surface area (Å²) in [4.78, 5) is 10.4. The quantitative estimate of drug-likeness (QED) is 0.655. The highest BCUT2D eigenvalue weighted by molar-refractivity contribution is 5.47. The van der Waals surface area contributed by atoms with Crippen molar-refractivity contribution in [1.82, 2.24) is 15.1 Å². The summed E-state index contributed by atoms with van der Waals surface area (Å²) in [6.45, 7) is 7.83. The third kappa shape index (κ3) is 3.88. The number of hydrogen-bond donors (Lipinski definition) is 1. The first-order valence-corrected chi connectivity index (χ1v) is 6.98. The summed E-state index contributed by atoms with van der Waals surface area (Å²) in [6.07, 6.45) is 1.88. The molecule has 0 saturated heterocycles. The molecule has 112 valence electrons. The first-order valence-electron chi connectivity index (χ1n) is 6.98. The molecule has 1 heterocycles. The van der Waals surface area contributed by atoms with Crippen molar-refractivity contribution in [3.05, 3.63) is 51.8 Å². The van der Waals surface area contributed by atoms with E-state index < -0.39 is 0 Å². The van der Waals surface area contributed by atoms with Gasteiger partial charge in [-0.3, -0.25) is 10.1 Å². The van der Waals surface area contributed by atoms with Crippen molar-refractivity contribution in [2.75, 3.05) is 6.54 Å². The second-order valence-corrected chi connectivity index (χ2v) is 5.50. The normalized spacial score (nSPS) is 11.0. The van der Waals surface area contributed by atoms with E-state index in [1.54, 1.807) is 16.8 Å². The number of nitro groups is 1. The number of rotatable bonds is 6. The topological polar surface area (TPSA) is 73.0 Å². The van der Waals surface area contributed by atoms with E-state index in [2.05, 4.69) is 24.3 Å². The molecule has 0 spiro atoms. The molecule has 6 heteroatoms. The van der Waals surface area contributed by atoms with Gasteiger partial charge in [-0.25, -0.2) is 4.68 Å². The number of hydrogen-bond acceptors (Lipinski definition) is 4. The van der Waals surface area contributed by atoms with Gasteiger partial charge in [0.2, 0.25) is 0 Å². The lowest BCUT2D eigenvalue weighted by atomic mass is 10.2. The number of benzene rings is 1. The monoisotopic (exact) mass is 288 g/mol. The predicted molar refractivity (Wildman–Crippen MR) is 81.5 cm³/mol. The zero-order chi connectivity index (χ0) is 15.4. The Morgan fingerprint density at radius 1 is 1.38 bits per heavy atom. The van der Waals surface area contributed by atoms with Crippen LogP contribution in [0.5, 0.6) is 0 Å². The van der Waals surface area contributed by atoms with Crippen molar-refractivity contribution in [3.63, 3.8) is 0 Å². The fraction of sp³-hybridized carbons (Fsp3) is 0.400. The summed E-state index contributed by atoms with van der Waals surface area (Å²) in [6, 6.07) is 6.74. The summed E-state index contributed by atoms with van der Waals surface area (Å²) in [7, 11) is 0. The molecule has 0 fully saturated rings. The zero-order valence-electron chi connectivity index (χ0n) is 12.5. The maximum Gasteiger partial charge on any atom is 0.269 e.